The topological polar surface area (TPSA) is 112 Å². The van der Waals surface area contributed by atoms with Gasteiger partial charge in [-0.05, 0) is 56.5 Å². The quantitative estimate of drug-likeness (QED) is 0.444. The molecule has 1 aliphatic heterocycles. The molecule has 1 amide bonds. The molecule has 0 aliphatic carbocycles. The lowest BCUT2D eigenvalue weighted by Crippen LogP contribution is -2.32. The number of rotatable bonds is 6. The van der Waals surface area contributed by atoms with Gasteiger partial charge in [-0.2, -0.15) is 20.0 Å². The number of benzene rings is 1. The van der Waals surface area contributed by atoms with E-state index >= 15 is 0 Å². The maximum Gasteiger partial charge on any atom is 0.263 e. The number of hydrogen-bond acceptors (Lipinski definition) is 8. The van der Waals surface area contributed by atoms with Crippen molar-refractivity contribution < 1.29 is 14.1 Å². The van der Waals surface area contributed by atoms with Gasteiger partial charge in [-0.25, -0.2) is 4.98 Å². The summed E-state index contributed by atoms with van der Waals surface area (Å²) in [5.41, 5.74) is 2.81. The minimum absolute atomic E-state index is 0.118. The highest BCUT2D eigenvalue weighted by molar-refractivity contribution is 5.98. The predicted octanol–water partition coefficient (Wildman–Crippen LogP) is 3.40. The van der Waals surface area contributed by atoms with Gasteiger partial charge in [-0.1, -0.05) is 11.2 Å². The third-order valence-corrected chi connectivity index (χ3v) is 5.55. The van der Waals surface area contributed by atoms with Crippen LogP contribution in [0.3, 0.4) is 0 Å². The van der Waals surface area contributed by atoms with E-state index < -0.39 is 0 Å². The first kappa shape index (κ1) is 20.8. The Labute approximate surface area is 190 Å². The highest BCUT2D eigenvalue weighted by atomic mass is 16.5. The van der Waals surface area contributed by atoms with Gasteiger partial charge in [0, 0.05) is 12.7 Å². The Hall–Kier alpha value is -4.08. The van der Waals surface area contributed by atoms with E-state index in [0.717, 1.165) is 18.4 Å². The van der Waals surface area contributed by atoms with Crippen LogP contribution in [0.25, 0.3) is 17.1 Å². The summed E-state index contributed by atoms with van der Waals surface area (Å²) in [6.07, 6.45) is 6.42. The number of nitrogens with zero attached hydrogens (tertiary/aromatic N) is 7. The average Bonchev–Trinajstić information content (AvgIpc) is 3.61. The van der Waals surface area contributed by atoms with Crippen molar-refractivity contribution in [2.75, 3.05) is 13.2 Å². The van der Waals surface area contributed by atoms with Crippen LogP contribution in [0.1, 0.15) is 47.6 Å². The van der Waals surface area contributed by atoms with Crippen molar-refractivity contribution in [2.24, 2.45) is 0 Å². The Balaban J connectivity index is 1.45. The number of hydrogen-bond donors (Lipinski definition) is 0. The van der Waals surface area contributed by atoms with Gasteiger partial charge in [-0.15, -0.1) is 0 Å². The predicted molar refractivity (Wildman–Crippen MR) is 118 cm³/mol. The maximum atomic E-state index is 13.6. The van der Waals surface area contributed by atoms with Crippen molar-refractivity contribution in [3.63, 3.8) is 0 Å². The Bertz CT molecular complexity index is 1270. The van der Waals surface area contributed by atoms with Crippen molar-refractivity contribution in [2.45, 2.75) is 32.7 Å². The Morgan fingerprint density at radius 3 is 2.88 bits per heavy atom. The number of likely N-dealkylation sites (tertiary alicyclic amines) is 1. The van der Waals surface area contributed by atoms with Gasteiger partial charge in [-0.3, -0.25) is 4.79 Å². The molecular weight excluding hydrogens is 422 g/mol. The number of ether oxygens (including phenoxy) is 1. The van der Waals surface area contributed by atoms with Crippen LogP contribution in [0.15, 0.2) is 53.4 Å². The van der Waals surface area contributed by atoms with Gasteiger partial charge in [0.15, 0.2) is 5.82 Å². The van der Waals surface area contributed by atoms with Gasteiger partial charge >= 0.3 is 0 Å². The average molecular weight is 445 g/mol. The van der Waals surface area contributed by atoms with Gasteiger partial charge < -0.3 is 14.2 Å². The third-order valence-electron chi connectivity index (χ3n) is 5.55. The standard InChI is InChI=1S/C23H23N7O3/c1-3-32-21-17(6-4-10-24-21)22-27-20(28-33-22)18-7-5-13-29(18)23(31)16-9-8-15(2)14-19(16)30-25-11-12-26-30/h4,6,8-12,14,18H,3,5,7,13H2,1-2H3. The van der Waals surface area contributed by atoms with Gasteiger partial charge in [0.2, 0.25) is 5.88 Å². The number of carbonyl (C=O) groups excluding carboxylic acids is 1. The maximum absolute atomic E-state index is 13.6. The summed E-state index contributed by atoms with van der Waals surface area (Å²) < 4.78 is 11.1. The van der Waals surface area contributed by atoms with Crippen molar-refractivity contribution in [1.29, 1.82) is 0 Å². The fourth-order valence-corrected chi connectivity index (χ4v) is 4.05. The van der Waals surface area contributed by atoms with Crippen molar-refractivity contribution in [1.82, 2.24) is 35.0 Å². The molecule has 0 spiro atoms. The summed E-state index contributed by atoms with van der Waals surface area (Å²) in [5.74, 6) is 1.10. The molecule has 1 unspecified atom stereocenters. The molecule has 10 nitrogen and oxygen atoms in total. The second kappa shape index (κ2) is 8.81. The van der Waals surface area contributed by atoms with E-state index in [-0.39, 0.29) is 11.9 Å². The van der Waals surface area contributed by atoms with Crippen LogP contribution < -0.4 is 4.74 Å². The van der Waals surface area contributed by atoms with Crippen LogP contribution in [0, 0.1) is 6.92 Å². The molecule has 4 heterocycles. The monoisotopic (exact) mass is 445 g/mol. The van der Waals surface area contributed by atoms with Crippen LogP contribution in [-0.4, -0.2) is 54.1 Å². The lowest BCUT2D eigenvalue weighted by Gasteiger charge is -2.23. The second-order valence-electron chi connectivity index (χ2n) is 7.74. The Morgan fingerprint density at radius 1 is 1.21 bits per heavy atom. The van der Waals surface area contributed by atoms with E-state index in [0.29, 0.717) is 47.6 Å². The van der Waals surface area contributed by atoms with Crippen molar-refractivity contribution in [3.05, 3.63) is 65.9 Å². The SMILES string of the molecule is CCOc1ncccc1-c1nc(C2CCCN2C(=O)c2ccc(C)cc2-n2nccn2)no1. The normalized spacial score (nSPS) is 15.7. The molecule has 10 heteroatoms. The molecule has 0 saturated carbocycles. The molecule has 168 valence electrons. The fraction of sp³-hybridized carbons (Fsp3) is 0.304. The molecule has 3 aromatic heterocycles. The summed E-state index contributed by atoms with van der Waals surface area (Å²) in [7, 11) is 0. The lowest BCUT2D eigenvalue weighted by atomic mass is 10.1. The molecule has 1 saturated heterocycles. The zero-order valence-electron chi connectivity index (χ0n) is 18.4. The van der Waals surface area contributed by atoms with Gasteiger partial charge in [0.05, 0.1) is 36.3 Å². The van der Waals surface area contributed by atoms with Crippen molar-refractivity contribution >= 4 is 5.91 Å². The van der Waals surface area contributed by atoms with Crippen LogP contribution in [-0.2, 0) is 0 Å². The number of amides is 1. The number of carbonyl (C=O) groups is 1. The second-order valence-corrected chi connectivity index (χ2v) is 7.74. The molecule has 0 radical (unpaired) electrons. The van der Waals surface area contributed by atoms with Crippen molar-refractivity contribution in [3.8, 4) is 23.0 Å². The smallest absolute Gasteiger partial charge is 0.263 e. The summed E-state index contributed by atoms with van der Waals surface area (Å²) >= 11 is 0. The first-order valence-corrected chi connectivity index (χ1v) is 10.9. The van der Waals surface area contributed by atoms with Crippen LogP contribution in [0.5, 0.6) is 5.88 Å². The zero-order chi connectivity index (χ0) is 22.8. The van der Waals surface area contributed by atoms with E-state index in [1.54, 1.807) is 29.6 Å². The summed E-state index contributed by atoms with van der Waals surface area (Å²) in [6.45, 7) is 4.93. The summed E-state index contributed by atoms with van der Waals surface area (Å²) in [5, 5.41) is 12.6. The molecule has 1 aliphatic rings. The van der Waals surface area contributed by atoms with E-state index in [9.17, 15) is 4.79 Å². The number of aryl methyl sites for hydroxylation is 1. The lowest BCUT2D eigenvalue weighted by molar-refractivity contribution is 0.0728. The highest BCUT2D eigenvalue weighted by Crippen LogP contribution is 2.34. The van der Waals surface area contributed by atoms with E-state index in [2.05, 4.69) is 25.3 Å². The van der Waals surface area contributed by atoms with E-state index in [1.165, 1.54) is 4.80 Å². The largest absolute Gasteiger partial charge is 0.477 e. The minimum Gasteiger partial charge on any atom is -0.477 e. The van der Waals surface area contributed by atoms with E-state index in [4.69, 9.17) is 9.26 Å². The highest BCUT2D eigenvalue weighted by Gasteiger charge is 2.35. The third kappa shape index (κ3) is 3.95. The molecular formula is C23H23N7O3. The molecule has 1 aromatic carbocycles. The summed E-state index contributed by atoms with van der Waals surface area (Å²) in [4.78, 5) is 25.7. The van der Waals surface area contributed by atoms with Gasteiger partial charge in [0.1, 0.15) is 5.56 Å². The molecule has 5 rings (SSSR count). The van der Waals surface area contributed by atoms with Crippen LogP contribution in [0.2, 0.25) is 0 Å². The molecule has 1 atom stereocenters. The van der Waals surface area contributed by atoms with Crippen LogP contribution in [0.4, 0.5) is 0 Å². The van der Waals surface area contributed by atoms with E-state index in [1.807, 2.05) is 38.1 Å². The molecule has 0 bridgehead atoms. The first-order valence-electron chi connectivity index (χ1n) is 10.9. The Morgan fingerprint density at radius 2 is 2.06 bits per heavy atom. The zero-order valence-corrected chi connectivity index (χ0v) is 18.4. The Kier molecular flexibility index (Phi) is 5.55. The molecule has 1 fully saturated rings. The first-order chi connectivity index (χ1) is 16.2. The molecule has 33 heavy (non-hydrogen) atoms. The number of pyridine rings is 1. The van der Waals surface area contributed by atoms with Gasteiger partial charge in [0.25, 0.3) is 11.8 Å². The minimum atomic E-state index is -0.290. The molecule has 4 aromatic rings. The summed E-state index contributed by atoms with van der Waals surface area (Å²) in [6, 6.07) is 8.95. The fourth-order valence-electron chi connectivity index (χ4n) is 4.05. The van der Waals surface area contributed by atoms with Crippen LogP contribution >= 0.6 is 0 Å². The molecule has 0 N–H and O–H groups in total. The number of aromatic nitrogens is 6.